The molecule has 3 saturated heterocycles. The van der Waals surface area contributed by atoms with Crippen molar-refractivity contribution < 1.29 is 33.0 Å². The van der Waals surface area contributed by atoms with Crippen LogP contribution in [0.1, 0.15) is 60.9 Å². The van der Waals surface area contributed by atoms with Crippen molar-refractivity contribution in [3.8, 4) is 17.2 Å². The lowest BCUT2D eigenvalue weighted by atomic mass is 9.92. The van der Waals surface area contributed by atoms with Gasteiger partial charge in [0.05, 0.1) is 18.3 Å². The van der Waals surface area contributed by atoms with Crippen LogP contribution in [0.25, 0.3) is 10.9 Å². The molecule has 15 heteroatoms. The number of benzene rings is 4. The van der Waals surface area contributed by atoms with Crippen molar-refractivity contribution in [2.45, 2.75) is 57.5 Å². The Morgan fingerprint density at radius 3 is 2.21 bits per heavy atom. The number of hydrogen-bond acceptors (Lipinski definition) is 10. The molecule has 1 unspecified atom stereocenters. The summed E-state index contributed by atoms with van der Waals surface area (Å²) in [7, 11) is 1.69. The fraction of sp³-hybridized carbons (Fsp3) is 0.392. The summed E-state index contributed by atoms with van der Waals surface area (Å²) in [5.41, 5.74) is 4.52. The highest BCUT2D eigenvalue weighted by Gasteiger charge is 2.56. The first-order chi connectivity index (χ1) is 32.1. The topological polar surface area (TPSA) is 149 Å². The van der Waals surface area contributed by atoms with Crippen LogP contribution in [0.5, 0.6) is 17.2 Å². The van der Waals surface area contributed by atoms with Crippen molar-refractivity contribution >= 4 is 57.3 Å². The summed E-state index contributed by atoms with van der Waals surface area (Å²) < 4.78 is 25.6. The quantitative estimate of drug-likeness (QED) is 0.104. The number of piperazine rings is 1. The predicted octanol–water partition coefficient (Wildman–Crippen LogP) is 7.20. The van der Waals surface area contributed by atoms with Crippen molar-refractivity contribution in [2.24, 2.45) is 11.3 Å². The van der Waals surface area contributed by atoms with Gasteiger partial charge in [-0.2, -0.15) is 0 Å². The van der Waals surface area contributed by atoms with Gasteiger partial charge in [-0.3, -0.25) is 29.1 Å². The highest BCUT2D eigenvalue weighted by Crippen LogP contribution is 2.48. The molecule has 5 heterocycles. The Morgan fingerprint density at radius 1 is 0.818 bits per heavy atom. The second-order valence-corrected chi connectivity index (χ2v) is 18.2. The van der Waals surface area contributed by atoms with Crippen LogP contribution in [-0.2, 0) is 20.9 Å². The van der Waals surface area contributed by atoms with Gasteiger partial charge in [-0.15, -0.1) is 0 Å². The number of amides is 4. The van der Waals surface area contributed by atoms with Gasteiger partial charge in [0.25, 0.3) is 5.91 Å². The van der Waals surface area contributed by atoms with Gasteiger partial charge in [0.15, 0.2) is 0 Å². The first-order valence-electron chi connectivity index (χ1n) is 23.2. The van der Waals surface area contributed by atoms with Gasteiger partial charge in [0, 0.05) is 86.6 Å². The van der Waals surface area contributed by atoms with E-state index in [1.54, 1.807) is 42.5 Å². The third kappa shape index (κ3) is 8.83. The highest BCUT2D eigenvalue weighted by atomic mass is 19.1. The Morgan fingerprint density at radius 2 is 1.53 bits per heavy atom. The van der Waals surface area contributed by atoms with Crippen LogP contribution < -0.4 is 35.2 Å². The van der Waals surface area contributed by atoms with E-state index in [4.69, 9.17) is 14.5 Å². The van der Waals surface area contributed by atoms with Gasteiger partial charge in [-0.1, -0.05) is 0 Å². The van der Waals surface area contributed by atoms with Gasteiger partial charge in [0.2, 0.25) is 17.7 Å². The fourth-order valence-corrected chi connectivity index (χ4v) is 9.98. The van der Waals surface area contributed by atoms with E-state index in [1.807, 2.05) is 18.2 Å². The number of fused-ring (bicyclic) bond motifs is 2. The van der Waals surface area contributed by atoms with Crippen LogP contribution in [-0.4, -0.2) is 104 Å². The maximum absolute atomic E-state index is 13.3. The van der Waals surface area contributed by atoms with E-state index in [9.17, 15) is 23.6 Å². The molecule has 4 fully saturated rings. The molecule has 0 bridgehead atoms. The average molecular weight is 895 g/mol. The molecule has 4 aromatic carbocycles. The molecule has 4 amide bonds. The Bertz CT molecular complexity index is 2640. The monoisotopic (exact) mass is 894 g/mol. The van der Waals surface area contributed by atoms with Crippen LogP contribution in [0.4, 0.5) is 27.1 Å². The molecule has 4 aliphatic heterocycles. The SMILES string of the molecule is COc1cc2c(Oc3ccc(NC(=O)C4(C(=O)Nc5ccc(F)cc5)CC4)cc3)ccnc2cc1N1CCC(CCN2CCN(c3ccc4c(c3)CN(C3CCCNC3=O)C4=O)CC2)CC1. The Kier molecular flexibility index (Phi) is 11.9. The number of pyridine rings is 1. The van der Waals surface area contributed by atoms with Crippen LogP contribution in [0.15, 0.2) is 91.1 Å². The van der Waals surface area contributed by atoms with Crippen LogP contribution in [0.2, 0.25) is 0 Å². The lowest BCUT2D eigenvalue weighted by Gasteiger charge is -2.38. The second-order valence-electron chi connectivity index (χ2n) is 18.2. The van der Waals surface area contributed by atoms with Gasteiger partial charge in [-0.05, 0) is 148 Å². The van der Waals surface area contributed by atoms with Gasteiger partial charge in [-0.25, -0.2) is 4.39 Å². The first-order valence-corrected chi connectivity index (χ1v) is 23.2. The molecule has 5 aliphatic rings. The van der Waals surface area contributed by atoms with Gasteiger partial charge < -0.3 is 40.1 Å². The summed E-state index contributed by atoms with van der Waals surface area (Å²) in [4.78, 5) is 65.8. The number of piperidine rings is 2. The fourth-order valence-electron chi connectivity index (χ4n) is 9.98. The summed E-state index contributed by atoms with van der Waals surface area (Å²) in [6.45, 7) is 8.03. The molecule has 5 aromatic rings. The molecule has 0 spiro atoms. The van der Waals surface area contributed by atoms with Crippen molar-refractivity contribution in [2.75, 3.05) is 79.9 Å². The third-order valence-corrected chi connectivity index (χ3v) is 14.2. The maximum atomic E-state index is 13.3. The number of ether oxygens (including phenoxy) is 2. The summed E-state index contributed by atoms with van der Waals surface area (Å²) in [5.74, 6) is 1.33. The summed E-state index contributed by atoms with van der Waals surface area (Å²) in [6, 6.07) is 24.2. The molecule has 3 N–H and O–H groups in total. The van der Waals surface area contributed by atoms with Crippen LogP contribution >= 0.6 is 0 Å². The van der Waals surface area contributed by atoms with E-state index >= 15 is 0 Å². The zero-order valence-electron chi connectivity index (χ0n) is 37.2. The standard InChI is InChI=1S/C51H55FN8O6/c1-65-46-30-41-42(53-21-14-45(41)66-39-11-8-37(9-12-39)56-50(64)51(18-19-51)49(63)55-36-6-4-35(52)5-7-36)31-44(46)59-23-16-33(17-24-59)15-22-57-25-27-58(28-26-57)38-10-13-40-34(29-38)32-60(48(40)62)43-3-2-20-54-47(43)61/h4-14,21,29-31,33,43H,2-3,15-20,22-28,32H2,1H3,(H,54,61)(H,55,63)(H,56,64). The number of halogens is 1. The van der Waals surface area contributed by atoms with Crippen molar-refractivity contribution in [1.82, 2.24) is 20.1 Å². The molecule has 1 aliphatic carbocycles. The Hall–Kier alpha value is -6.74. The van der Waals surface area contributed by atoms with Crippen LogP contribution in [0, 0.1) is 17.2 Å². The number of aromatic nitrogens is 1. The third-order valence-electron chi connectivity index (χ3n) is 14.2. The molecule has 1 atom stereocenters. The average Bonchev–Trinajstić information content (AvgIpc) is 4.11. The zero-order valence-corrected chi connectivity index (χ0v) is 37.2. The minimum Gasteiger partial charge on any atom is -0.495 e. The molecule has 1 saturated carbocycles. The molecule has 14 nitrogen and oxygen atoms in total. The number of nitrogens with zero attached hydrogens (tertiary/aromatic N) is 5. The lowest BCUT2D eigenvalue weighted by molar-refractivity contribution is -0.131. The van der Waals surface area contributed by atoms with E-state index in [2.05, 4.69) is 48.8 Å². The summed E-state index contributed by atoms with van der Waals surface area (Å²) in [5, 5.41) is 9.34. The Balaban J connectivity index is 0.696. The molecule has 1 aromatic heterocycles. The van der Waals surface area contributed by atoms with E-state index in [-0.39, 0.29) is 23.8 Å². The normalized spacial score (nSPS) is 19.6. The molecular weight excluding hydrogens is 840 g/mol. The van der Waals surface area contributed by atoms with E-state index in [0.29, 0.717) is 54.7 Å². The summed E-state index contributed by atoms with van der Waals surface area (Å²) in [6.07, 6.45) is 7.59. The summed E-state index contributed by atoms with van der Waals surface area (Å²) >= 11 is 0. The number of methoxy groups -OCH3 is 1. The lowest BCUT2D eigenvalue weighted by Crippen LogP contribution is -2.50. The molecule has 0 radical (unpaired) electrons. The van der Waals surface area contributed by atoms with Crippen molar-refractivity contribution in [1.29, 1.82) is 0 Å². The van der Waals surface area contributed by atoms with Crippen molar-refractivity contribution in [3.05, 3.63) is 108 Å². The van der Waals surface area contributed by atoms with E-state index in [0.717, 1.165) is 111 Å². The molecule has 66 heavy (non-hydrogen) atoms. The second kappa shape index (κ2) is 18.3. The van der Waals surface area contributed by atoms with Crippen molar-refractivity contribution in [3.63, 3.8) is 0 Å². The minimum absolute atomic E-state index is 0.0329. The number of hydrogen-bond donors (Lipinski definition) is 3. The molecular formula is C51H55FN8O6. The highest BCUT2D eigenvalue weighted by molar-refractivity contribution is 6.17. The van der Waals surface area contributed by atoms with Gasteiger partial charge >= 0.3 is 0 Å². The van der Waals surface area contributed by atoms with Gasteiger partial charge in [0.1, 0.15) is 34.5 Å². The maximum Gasteiger partial charge on any atom is 0.255 e. The smallest absolute Gasteiger partial charge is 0.255 e. The van der Waals surface area contributed by atoms with E-state index < -0.39 is 17.1 Å². The largest absolute Gasteiger partial charge is 0.495 e. The Labute approximate surface area is 383 Å². The zero-order chi connectivity index (χ0) is 45.4. The number of anilines is 4. The number of carbonyl (C=O) groups excluding carboxylic acids is 4. The van der Waals surface area contributed by atoms with Crippen LogP contribution in [0.3, 0.4) is 0 Å². The number of rotatable bonds is 13. The van der Waals surface area contributed by atoms with E-state index in [1.165, 1.54) is 30.7 Å². The molecule has 342 valence electrons. The predicted molar refractivity (Wildman–Crippen MR) is 251 cm³/mol. The number of carbonyl (C=O) groups is 4. The number of nitrogens with one attached hydrogen (secondary N) is 3. The minimum atomic E-state index is -1.16. The molecule has 10 rings (SSSR count). The first kappa shape index (κ1) is 43.2.